The maximum atomic E-state index is 10.9. The van der Waals surface area contributed by atoms with Gasteiger partial charge in [-0.3, -0.25) is 0 Å². The first-order chi connectivity index (χ1) is 8.59. The van der Waals surface area contributed by atoms with Gasteiger partial charge < -0.3 is 10.8 Å². The highest BCUT2D eigenvalue weighted by Crippen LogP contribution is 2.38. The number of rotatable bonds is 0. The van der Waals surface area contributed by atoms with Crippen molar-refractivity contribution in [2.24, 2.45) is 0 Å². The standard InChI is InChI=1S/C16H15NO/c1-16(18)14-5-3-2-4-11(14)6-7-12-8-9-13(17)10-15(12)16/h2-10,18H,17H2,1H3/t16-/m1/s1. The molecule has 0 heterocycles. The van der Waals surface area contributed by atoms with Crippen molar-refractivity contribution in [1.82, 2.24) is 0 Å². The Hall–Kier alpha value is -2.06. The van der Waals surface area contributed by atoms with E-state index < -0.39 is 5.60 Å². The van der Waals surface area contributed by atoms with Gasteiger partial charge in [-0.05, 0) is 41.3 Å². The zero-order valence-corrected chi connectivity index (χ0v) is 10.2. The minimum atomic E-state index is -1.02. The number of nitrogen functional groups attached to an aromatic ring is 1. The van der Waals surface area contributed by atoms with Crippen LogP contribution in [0.5, 0.6) is 0 Å². The lowest BCUT2D eigenvalue weighted by Gasteiger charge is -2.26. The average Bonchev–Trinajstić information content (AvgIpc) is 2.47. The van der Waals surface area contributed by atoms with Crippen molar-refractivity contribution in [2.75, 3.05) is 5.73 Å². The Morgan fingerprint density at radius 2 is 1.61 bits per heavy atom. The molecule has 2 aromatic rings. The maximum Gasteiger partial charge on any atom is 0.113 e. The summed E-state index contributed by atoms with van der Waals surface area (Å²) in [5.41, 5.74) is 9.29. The van der Waals surface area contributed by atoms with Crippen molar-refractivity contribution >= 4 is 17.8 Å². The van der Waals surface area contributed by atoms with Crippen LogP contribution in [0.3, 0.4) is 0 Å². The lowest BCUT2D eigenvalue weighted by atomic mass is 9.84. The number of hydrogen-bond acceptors (Lipinski definition) is 2. The largest absolute Gasteiger partial charge is 0.399 e. The van der Waals surface area contributed by atoms with Gasteiger partial charge in [0.1, 0.15) is 5.60 Å². The van der Waals surface area contributed by atoms with E-state index in [-0.39, 0.29) is 0 Å². The fraction of sp³-hybridized carbons (Fsp3) is 0.125. The van der Waals surface area contributed by atoms with Gasteiger partial charge in [0, 0.05) is 5.69 Å². The predicted molar refractivity (Wildman–Crippen MR) is 74.9 cm³/mol. The molecule has 0 unspecified atom stereocenters. The molecule has 0 amide bonds. The van der Waals surface area contributed by atoms with E-state index in [4.69, 9.17) is 5.73 Å². The smallest absolute Gasteiger partial charge is 0.113 e. The molecule has 2 heteroatoms. The molecule has 3 N–H and O–H groups in total. The Kier molecular flexibility index (Phi) is 2.28. The van der Waals surface area contributed by atoms with Crippen LogP contribution in [0, 0.1) is 0 Å². The van der Waals surface area contributed by atoms with Crippen molar-refractivity contribution in [1.29, 1.82) is 0 Å². The average molecular weight is 237 g/mol. The molecule has 18 heavy (non-hydrogen) atoms. The second-order valence-corrected chi connectivity index (χ2v) is 4.84. The van der Waals surface area contributed by atoms with Crippen LogP contribution < -0.4 is 5.73 Å². The van der Waals surface area contributed by atoms with E-state index in [1.165, 1.54) is 0 Å². The summed E-state index contributed by atoms with van der Waals surface area (Å²) in [5.74, 6) is 0. The Balaban J connectivity index is 2.34. The molecule has 0 spiro atoms. The van der Waals surface area contributed by atoms with Crippen molar-refractivity contribution in [3.05, 3.63) is 64.7 Å². The zero-order valence-electron chi connectivity index (χ0n) is 10.2. The first-order valence-corrected chi connectivity index (χ1v) is 5.99. The van der Waals surface area contributed by atoms with Gasteiger partial charge >= 0.3 is 0 Å². The van der Waals surface area contributed by atoms with Gasteiger partial charge in [0.05, 0.1) is 0 Å². The molecule has 2 nitrogen and oxygen atoms in total. The van der Waals surface area contributed by atoms with Crippen LogP contribution in [0.1, 0.15) is 29.2 Å². The van der Waals surface area contributed by atoms with Gasteiger partial charge in [0.2, 0.25) is 0 Å². The first-order valence-electron chi connectivity index (χ1n) is 5.99. The third-order valence-corrected chi connectivity index (χ3v) is 3.53. The van der Waals surface area contributed by atoms with Crippen LogP contribution in [0.25, 0.3) is 12.2 Å². The molecular weight excluding hydrogens is 222 g/mol. The summed E-state index contributed by atoms with van der Waals surface area (Å²) in [4.78, 5) is 0. The highest BCUT2D eigenvalue weighted by molar-refractivity contribution is 5.78. The molecular formula is C16H15NO. The summed E-state index contributed by atoms with van der Waals surface area (Å²) >= 11 is 0. The molecule has 0 saturated heterocycles. The van der Waals surface area contributed by atoms with E-state index >= 15 is 0 Å². The second-order valence-electron chi connectivity index (χ2n) is 4.84. The molecule has 2 aromatic carbocycles. The molecule has 0 radical (unpaired) electrons. The molecule has 3 rings (SSSR count). The Labute approximate surface area is 106 Å². The molecule has 0 fully saturated rings. The van der Waals surface area contributed by atoms with Crippen LogP contribution in [0.2, 0.25) is 0 Å². The fourth-order valence-corrected chi connectivity index (χ4v) is 2.55. The molecule has 0 aromatic heterocycles. The monoisotopic (exact) mass is 237 g/mol. The van der Waals surface area contributed by atoms with Crippen LogP contribution in [0.4, 0.5) is 5.69 Å². The van der Waals surface area contributed by atoms with Gasteiger partial charge in [-0.25, -0.2) is 0 Å². The minimum absolute atomic E-state index is 0.668. The third kappa shape index (κ3) is 1.54. The van der Waals surface area contributed by atoms with Gasteiger partial charge in [0.25, 0.3) is 0 Å². The SMILES string of the molecule is C[C@@]1(O)c2ccccc2C=Cc2ccc(N)cc21. The van der Waals surface area contributed by atoms with E-state index in [9.17, 15) is 5.11 Å². The second kappa shape index (κ2) is 3.72. The topological polar surface area (TPSA) is 46.2 Å². The summed E-state index contributed by atoms with van der Waals surface area (Å²) in [5, 5.41) is 10.9. The summed E-state index contributed by atoms with van der Waals surface area (Å²) < 4.78 is 0. The van der Waals surface area contributed by atoms with E-state index in [0.29, 0.717) is 5.69 Å². The van der Waals surface area contributed by atoms with E-state index in [2.05, 4.69) is 0 Å². The molecule has 0 aliphatic heterocycles. The van der Waals surface area contributed by atoms with E-state index in [0.717, 1.165) is 22.3 Å². The van der Waals surface area contributed by atoms with Crippen molar-refractivity contribution < 1.29 is 5.11 Å². The molecule has 1 atom stereocenters. The lowest BCUT2D eigenvalue weighted by Crippen LogP contribution is -2.24. The van der Waals surface area contributed by atoms with Crippen molar-refractivity contribution in [2.45, 2.75) is 12.5 Å². The minimum Gasteiger partial charge on any atom is -0.399 e. The Morgan fingerprint density at radius 1 is 0.944 bits per heavy atom. The molecule has 90 valence electrons. The van der Waals surface area contributed by atoms with E-state index in [1.54, 1.807) is 0 Å². The third-order valence-electron chi connectivity index (χ3n) is 3.53. The van der Waals surface area contributed by atoms with Crippen LogP contribution in [-0.2, 0) is 5.60 Å². The van der Waals surface area contributed by atoms with E-state index in [1.807, 2.05) is 61.5 Å². The molecule has 0 saturated carbocycles. The van der Waals surface area contributed by atoms with Gasteiger partial charge in [-0.15, -0.1) is 0 Å². The fourth-order valence-electron chi connectivity index (χ4n) is 2.55. The highest BCUT2D eigenvalue weighted by Gasteiger charge is 2.31. The Morgan fingerprint density at radius 3 is 2.39 bits per heavy atom. The number of nitrogens with two attached hydrogens (primary N) is 1. The normalized spacial score (nSPS) is 21.0. The predicted octanol–water partition coefficient (Wildman–Crippen LogP) is 3.01. The van der Waals surface area contributed by atoms with Crippen LogP contribution >= 0.6 is 0 Å². The molecule has 1 aliphatic rings. The van der Waals surface area contributed by atoms with Crippen LogP contribution in [-0.4, -0.2) is 5.11 Å². The van der Waals surface area contributed by atoms with Gasteiger partial charge in [0.15, 0.2) is 0 Å². The lowest BCUT2D eigenvalue weighted by molar-refractivity contribution is 0.102. The number of aliphatic hydroxyl groups is 1. The number of fused-ring (bicyclic) bond motifs is 2. The van der Waals surface area contributed by atoms with Crippen molar-refractivity contribution in [3.63, 3.8) is 0 Å². The number of hydrogen-bond donors (Lipinski definition) is 2. The zero-order chi connectivity index (χ0) is 12.8. The quantitative estimate of drug-likeness (QED) is 0.692. The number of anilines is 1. The highest BCUT2D eigenvalue weighted by atomic mass is 16.3. The van der Waals surface area contributed by atoms with Crippen molar-refractivity contribution in [3.8, 4) is 0 Å². The molecule has 1 aliphatic carbocycles. The maximum absolute atomic E-state index is 10.9. The summed E-state index contributed by atoms with van der Waals surface area (Å²) in [7, 11) is 0. The van der Waals surface area contributed by atoms with Gasteiger partial charge in [-0.2, -0.15) is 0 Å². The van der Waals surface area contributed by atoms with Crippen LogP contribution in [0.15, 0.2) is 42.5 Å². The summed E-state index contributed by atoms with van der Waals surface area (Å²) in [6.45, 7) is 1.82. The number of benzene rings is 2. The molecule has 0 bridgehead atoms. The first kappa shape index (κ1) is 11.1. The summed E-state index contributed by atoms with van der Waals surface area (Å²) in [6, 6.07) is 13.5. The Bertz CT molecular complexity index is 641. The van der Waals surface area contributed by atoms with Gasteiger partial charge in [-0.1, -0.05) is 42.5 Å². The summed E-state index contributed by atoms with van der Waals surface area (Å²) in [6.07, 6.45) is 4.06.